The van der Waals surface area contributed by atoms with Crippen molar-refractivity contribution < 1.29 is 29.2 Å². The van der Waals surface area contributed by atoms with Crippen LogP contribution in [0.1, 0.15) is 19.4 Å². The first-order valence-electron chi connectivity index (χ1n) is 6.83. The van der Waals surface area contributed by atoms with Crippen molar-refractivity contribution >= 4 is 5.97 Å². The van der Waals surface area contributed by atoms with Gasteiger partial charge in [-0.05, 0) is 12.5 Å². The van der Waals surface area contributed by atoms with Crippen molar-refractivity contribution in [1.82, 2.24) is 0 Å². The molecule has 5 atom stereocenters. The first kappa shape index (κ1) is 15.9. The Hall–Kier alpha value is -1.47. The SMILES string of the molecule is CC(=O)O[C@@H]1O[C@@H](C)[C@H](OCc2ccccc2)[C@@H](O)[C@H]1O. The van der Waals surface area contributed by atoms with E-state index >= 15 is 0 Å². The molecule has 2 N–H and O–H groups in total. The largest absolute Gasteiger partial charge is 0.433 e. The van der Waals surface area contributed by atoms with Crippen LogP contribution in [0.25, 0.3) is 0 Å². The molecule has 1 aromatic rings. The van der Waals surface area contributed by atoms with E-state index in [0.717, 1.165) is 5.56 Å². The van der Waals surface area contributed by atoms with Crippen LogP contribution >= 0.6 is 0 Å². The molecule has 0 aromatic heterocycles. The molecule has 1 heterocycles. The average molecular weight is 296 g/mol. The van der Waals surface area contributed by atoms with Gasteiger partial charge in [-0.15, -0.1) is 0 Å². The highest BCUT2D eigenvalue weighted by molar-refractivity contribution is 5.66. The van der Waals surface area contributed by atoms with Gasteiger partial charge in [-0.25, -0.2) is 0 Å². The maximum Gasteiger partial charge on any atom is 0.305 e. The van der Waals surface area contributed by atoms with E-state index in [-0.39, 0.29) is 0 Å². The van der Waals surface area contributed by atoms with E-state index in [1.165, 1.54) is 6.92 Å². The van der Waals surface area contributed by atoms with Gasteiger partial charge in [0.1, 0.15) is 18.3 Å². The van der Waals surface area contributed by atoms with Crippen molar-refractivity contribution in [3.8, 4) is 0 Å². The zero-order valence-corrected chi connectivity index (χ0v) is 12.0. The number of carbonyl (C=O) groups is 1. The fraction of sp³-hybridized carbons (Fsp3) is 0.533. The lowest BCUT2D eigenvalue weighted by molar-refractivity contribution is -0.292. The second-order valence-electron chi connectivity index (χ2n) is 5.06. The molecule has 0 bridgehead atoms. The van der Waals surface area contributed by atoms with Gasteiger partial charge < -0.3 is 24.4 Å². The maximum atomic E-state index is 10.9. The molecule has 0 saturated carbocycles. The highest BCUT2D eigenvalue weighted by atomic mass is 16.7. The van der Waals surface area contributed by atoms with E-state index < -0.39 is 36.7 Å². The molecule has 1 aliphatic rings. The number of rotatable bonds is 4. The van der Waals surface area contributed by atoms with Gasteiger partial charge in [-0.1, -0.05) is 30.3 Å². The summed E-state index contributed by atoms with van der Waals surface area (Å²) in [6, 6.07) is 9.48. The van der Waals surface area contributed by atoms with Gasteiger partial charge in [0.25, 0.3) is 0 Å². The van der Waals surface area contributed by atoms with Crippen LogP contribution in [0.2, 0.25) is 0 Å². The normalized spacial score (nSPS) is 32.7. The zero-order valence-electron chi connectivity index (χ0n) is 12.0. The number of aliphatic hydroxyl groups is 2. The van der Waals surface area contributed by atoms with Gasteiger partial charge >= 0.3 is 5.97 Å². The van der Waals surface area contributed by atoms with E-state index in [1.54, 1.807) is 6.92 Å². The average Bonchev–Trinajstić information content (AvgIpc) is 2.45. The van der Waals surface area contributed by atoms with Crippen molar-refractivity contribution in [2.24, 2.45) is 0 Å². The van der Waals surface area contributed by atoms with Crippen molar-refractivity contribution in [2.75, 3.05) is 0 Å². The van der Waals surface area contributed by atoms with Crippen LogP contribution in [0.4, 0.5) is 0 Å². The van der Waals surface area contributed by atoms with Crippen molar-refractivity contribution in [3.63, 3.8) is 0 Å². The van der Waals surface area contributed by atoms with Crippen LogP contribution in [0, 0.1) is 0 Å². The van der Waals surface area contributed by atoms with E-state index in [4.69, 9.17) is 14.2 Å². The molecule has 116 valence electrons. The predicted molar refractivity (Wildman–Crippen MR) is 73.1 cm³/mol. The molecule has 21 heavy (non-hydrogen) atoms. The number of hydrogen-bond acceptors (Lipinski definition) is 6. The van der Waals surface area contributed by atoms with Crippen molar-refractivity contribution in [3.05, 3.63) is 35.9 Å². The highest BCUT2D eigenvalue weighted by Gasteiger charge is 2.44. The summed E-state index contributed by atoms with van der Waals surface area (Å²) in [5.41, 5.74) is 0.952. The Labute approximate surface area is 123 Å². The molecule has 2 rings (SSSR count). The summed E-state index contributed by atoms with van der Waals surface area (Å²) in [5, 5.41) is 20.1. The molecule has 1 aliphatic heterocycles. The number of ether oxygens (including phenoxy) is 3. The van der Waals surface area contributed by atoms with Gasteiger partial charge in [-0.2, -0.15) is 0 Å². The number of hydrogen-bond donors (Lipinski definition) is 2. The van der Waals surface area contributed by atoms with Crippen molar-refractivity contribution in [2.45, 2.75) is 51.2 Å². The second kappa shape index (κ2) is 7.00. The van der Waals surface area contributed by atoms with Gasteiger partial charge in [0.15, 0.2) is 0 Å². The van der Waals surface area contributed by atoms with Gasteiger partial charge in [0.05, 0.1) is 12.7 Å². The maximum absolute atomic E-state index is 10.9. The van der Waals surface area contributed by atoms with Crippen LogP contribution in [-0.2, 0) is 25.6 Å². The first-order chi connectivity index (χ1) is 9.99. The summed E-state index contributed by atoms with van der Waals surface area (Å²) in [5.74, 6) is -0.581. The van der Waals surface area contributed by atoms with Crippen LogP contribution < -0.4 is 0 Å². The summed E-state index contributed by atoms with van der Waals surface area (Å²) < 4.78 is 15.9. The number of benzene rings is 1. The lowest BCUT2D eigenvalue weighted by Crippen LogP contribution is -2.58. The molecular formula is C15H20O6. The number of aliphatic hydroxyl groups excluding tert-OH is 2. The Kier molecular flexibility index (Phi) is 5.30. The van der Waals surface area contributed by atoms with E-state index in [1.807, 2.05) is 30.3 Å². The predicted octanol–water partition coefficient (Wildman–Crippen LogP) is 0.601. The third kappa shape index (κ3) is 4.01. The summed E-state index contributed by atoms with van der Waals surface area (Å²) in [6.45, 7) is 3.20. The highest BCUT2D eigenvalue weighted by Crippen LogP contribution is 2.25. The van der Waals surface area contributed by atoms with Gasteiger partial charge in [0.2, 0.25) is 6.29 Å². The fourth-order valence-electron chi connectivity index (χ4n) is 2.26. The molecule has 0 aliphatic carbocycles. The molecule has 6 heteroatoms. The summed E-state index contributed by atoms with van der Waals surface area (Å²) in [4.78, 5) is 10.9. The van der Waals surface area contributed by atoms with Crippen LogP contribution in [0.3, 0.4) is 0 Å². The Bertz CT molecular complexity index is 462. The molecule has 0 spiro atoms. The Morgan fingerprint density at radius 3 is 2.52 bits per heavy atom. The van der Waals surface area contributed by atoms with Crippen LogP contribution in [-0.4, -0.2) is 46.9 Å². The molecule has 6 nitrogen and oxygen atoms in total. The van der Waals surface area contributed by atoms with E-state index in [2.05, 4.69) is 0 Å². The molecule has 0 unspecified atom stereocenters. The van der Waals surface area contributed by atoms with Gasteiger partial charge in [-0.3, -0.25) is 4.79 Å². The Morgan fingerprint density at radius 2 is 1.90 bits per heavy atom. The molecule has 1 saturated heterocycles. The molecule has 1 fully saturated rings. The quantitative estimate of drug-likeness (QED) is 0.792. The Balaban J connectivity index is 1.96. The monoisotopic (exact) mass is 296 g/mol. The lowest BCUT2D eigenvalue weighted by atomic mass is 9.99. The third-order valence-corrected chi connectivity index (χ3v) is 3.34. The Morgan fingerprint density at radius 1 is 1.24 bits per heavy atom. The lowest BCUT2D eigenvalue weighted by Gasteiger charge is -2.40. The van der Waals surface area contributed by atoms with Crippen LogP contribution in [0.5, 0.6) is 0 Å². The first-order valence-corrected chi connectivity index (χ1v) is 6.83. The van der Waals surface area contributed by atoms with E-state index in [9.17, 15) is 15.0 Å². The van der Waals surface area contributed by atoms with Gasteiger partial charge in [0, 0.05) is 6.92 Å². The summed E-state index contributed by atoms with van der Waals surface area (Å²) in [7, 11) is 0. The zero-order chi connectivity index (χ0) is 15.4. The molecule has 0 amide bonds. The molecular weight excluding hydrogens is 276 g/mol. The fourth-order valence-corrected chi connectivity index (χ4v) is 2.26. The number of carbonyl (C=O) groups excluding carboxylic acids is 1. The third-order valence-electron chi connectivity index (χ3n) is 3.34. The van der Waals surface area contributed by atoms with E-state index in [0.29, 0.717) is 6.61 Å². The van der Waals surface area contributed by atoms with Crippen molar-refractivity contribution in [1.29, 1.82) is 0 Å². The minimum atomic E-state index is -1.34. The summed E-state index contributed by atoms with van der Waals surface area (Å²) >= 11 is 0. The standard InChI is InChI=1S/C15H20O6/c1-9-14(19-8-11-6-4-3-5-7-11)12(17)13(18)15(20-9)21-10(2)16/h3-7,9,12-15,17-18H,8H2,1-2H3/t9-,12-,13+,14-,15-/m0/s1. The number of esters is 1. The topological polar surface area (TPSA) is 85.2 Å². The summed E-state index contributed by atoms with van der Waals surface area (Å²) in [6.07, 6.45) is -4.93. The second-order valence-corrected chi connectivity index (χ2v) is 5.06. The molecule has 0 radical (unpaired) electrons. The molecule has 1 aromatic carbocycles. The smallest absolute Gasteiger partial charge is 0.305 e. The minimum absolute atomic E-state index is 0.293. The van der Waals surface area contributed by atoms with Crippen LogP contribution in [0.15, 0.2) is 30.3 Å². The minimum Gasteiger partial charge on any atom is -0.433 e.